The second-order valence-electron chi connectivity index (χ2n) is 4.04. The van der Waals surface area contributed by atoms with E-state index >= 15 is 0 Å². The number of rotatable bonds is 6. The summed E-state index contributed by atoms with van der Waals surface area (Å²) >= 11 is 0. The van der Waals surface area contributed by atoms with Gasteiger partial charge in [-0.15, -0.1) is 5.10 Å². The highest BCUT2D eigenvalue weighted by Crippen LogP contribution is 2.23. The van der Waals surface area contributed by atoms with Crippen molar-refractivity contribution in [3.63, 3.8) is 0 Å². The zero-order valence-corrected chi connectivity index (χ0v) is 11.1. The zero-order chi connectivity index (χ0) is 14.4. The number of anilines is 1. The van der Waals surface area contributed by atoms with Gasteiger partial charge in [-0.05, 0) is 19.1 Å². The maximum atomic E-state index is 11.9. The van der Waals surface area contributed by atoms with Gasteiger partial charge in [0.15, 0.2) is 0 Å². The van der Waals surface area contributed by atoms with Crippen LogP contribution in [-0.4, -0.2) is 32.6 Å². The Morgan fingerprint density at radius 1 is 1.45 bits per heavy atom. The number of hydrogen-bond acceptors (Lipinski definition) is 5. The molecule has 0 unspecified atom stereocenters. The van der Waals surface area contributed by atoms with Gasteiger partial charge in [0.05, 0.1) is 25.1 Å². The van der Waals surface area contributed by atoms with Crippen molar-refractivity contribution < 1.29 is 14.6 Å². The van der Waals surface area contributed by atoms with Crippen molar-refractivity contribution in [1.29, 1.82) is 0 Å². The van der Waals surface area contributed by atoms with E-state index in [0.29, 0.717) is 23.7 Å². The molecule has 2 rings (SSSR count). The molecule has 106 valence electrons. The number of aliphatic hydroxyl groups is 1. The van der Waals surface area contributed by atoms with Crippen LogP contribution >= 0.6 is 0 Å². The highest BCUT2D eigenvalue weighted by molar-refractivity contribution is 5.92. The number of aromatic nitrogens is 3. The number of para-hydroxylation sites is 2. The summed E-state index contributed by atoms with van der Waals surface area (Å²) in [5.74, 6) is 0.379. The van der Waals surface area contributed by atoms with Gasteiger partial charge < -0.3 is 15.2 Å². The summed E-state index contributed by atoms with van der Waals surface area (Å²) in [6, 6.07) is 7.21. The quantitative estimate of drug-likeness (QED) is 0.815. The third kappa shape index (κ3) is 3.55. The maximum Gasteiger partial charge on any atom is 0.246 e. The average molecular weight is 276 g/mol. The number of aliphatic hydroxyl groups excluding tert-OH is 1. The number of ether oxygens (including phenoxy) is 1. The lowest BCUT2D eigenvalue weighted by atomic mass is 10.3. The average Bonchev–Trinajstić information content (AvgIpc) is 2.89. The van der Waals surface area contributed by atoms with E-state index in [1.807, 2.05) is 19.1 Å². The van der Waals surface area contributed by atoms with Crippen LogP contribution in [0.15, 0.2) is 30.5 Å². The monoisotopic (exact) mass is 276 g/mol. The SMILES string of the molecule is CCOc1ccccc1NC(=O)Cn1cc(CO)nn1. The second kappa shape index (κ2) is 6.67. The molecule has 20 heavy (non-hydrogen) atoms. The van der Waals surface area contributed by atoms with Crippen molar-refractivity contribution in [2.75, 3.05) is 11.9 Å². The Morgan fingerprint density at radius 3 is 2.95 bits per heavy atom. The zero-order valence-electron chi connectivity index (χ0n) is 11.1. The molecule has 0 bridgehead atoms. The molecule has 0 saturated heterocycles. The molecular weight excluding hydrogens is 260 g/mol. The van der Waals surface area contributed by atoms with Crippen LogP contribution < -0.4 is 10.1 Å². The fraction of sp³-hybridized carbons (Fsp3) is 0.308. The maximum absolute atomic E-state index is 11.9. The fourth-order valence-corrected chi connectivity index (χ4v) is 1.68. The molecule has 0 radical (unpaired) electrons. The van der Waals surface area contributed by atoms with Crippen LogP contribution in [0.5, 0.6) is 5.75 Å². The number of hydrogen-bond donors (Lipinski definition) is 2. The van der Waals surface area contributed by atoms with Gasteiger partial charge >= 0.3 is 0 Å². The van der Waals surface area contributed by atoms with Crippen LogP contribution in [0.1, 0.15) is 12.6 Å². The molecule has 0 aliphatic carbocycles. The number of nitrogens with zero attached hydrogens (tertiary/aromatic N) is 3. The van der Waals surface area contributed by atoms with E-state index in [1.54, 1.807) is 12.1 Å². The predicted molar refractivity (Wildman–Crippen MR) is 72.2 cm³/mol. The van der Waals surface area contributed by atoms with Gasteiger partial charge in [-0.2, -0.15) is 0 Å². The molecule has 1 amide bonds. The van der Waals surface area contributed by atoms with Crippen LogP contribution in [0, 0.1) is 0 Å². The molecule has 0 spiro atoms. The lowest BCUT2D eigenvalue weighted by molar-refractivity contribution is -0.116. The molecule has 0 atom stereocenters. The first-order valence-electron chi connectivity index (χ1n) is 6.24. The van der Waals surface area contributed by atoms with Gasteiger partial charge in [0.1, 0.15) is 18.0 Å². The van der Waals surface area contributed by atoms with Crippen molar-refractivity contribution in [2.24, 2.45) is 0 Å². The highest BCUT2D eigenvalue weighted by atomic mass is 16.5. The van der Waals surface area contributed by atoms with Crippen molar-refractivity contribution in [3.8, 4) is 5.75 Å². The molecule has 1 aromatic carbocycles. The summed E-state index contributed by atoms with van der Waals surface area (Å²) in [5.41, 5.74) is 1.04. The largest absolute Gasteiger partial charge is 0.492 e. The lowest BCUT2D eigenvalue weighted by Gasteiger charge is -2.10. The number of amides is 1. The molecular formula is C13H16N4O3. The van der Waals surface area contributed by atoms with E-state index < -0.39 is 0 Å². The molecule has 7 nitrogen and oxygen atoms in total. The van der Waals surface area contributed by atoms with Gasteiger partial charge in [-0.3, -0.25) is 4.79 Å². The van der Waals surface area contributed by atoms with Crippen LogP contribution in [0.25, 0.3) is 0 Å². The van der Waals surface area contributed by atoms with Crippen molar-refractivity contribution in [1.82, 2.24) is 15.0 Å². The van der Waals surface area contributed by atoms with Crippen LogP contribution in [0.2, 0.25) is 0 Å². The molecule has 1 heterocycles. The van der Waals surface area contributed by atoms with Crippen LogP contribution in [0.3, 0.4) is 0 Å². The third-order valence-electron chi connectivity index (χ3n) is 2.51. The van der Waals surface area contributed by atoms with E-state index in [-0.39, 0.29) is 19.1 Å². The number of carbonyl (C=O) groups excluding carboxylic acids is 1. The molecule has 0 saturated carbocycles. The summed E-state index contributed by atoms with van der Waals surface area (Å²) in [6.45, 7) is 2.22. The summed E-state index contributed by atoms with van der Waals surface area (Å²) in [6.07, 6.45) is 1.52. The standard InChI is InChI=1S/C13H16N4O3/c1-2-20-12-6-4-3-5-11(12)14-13(19)8-17-7-10(9-18)15-16-17/h3-7,18H,2,8-9H2,1H3,(H,14,19). The summed E-state index contributed by atoms with van der Waals surface area (Å²) in [7, 11) is 0. The minimum Gasteiger partial charge on any atom is -0.492 e. The molecule has 2 N–H and O–H groups in total. The van der Waals surface area contributed by atoms with E-state index in [0.717, 1.165) is 0 Å². The molecule has 2 aromatic rings. The Bertz CT molecular complexity index is 583. The molecule has 1 aromatic heterocycles. The number of carbonyl (C=O) groups is 1. The van der Waals surface area contributed by atoms with E-state index in [2.05, 4.69) is 15.6 Å². The lowest BCUT2D eigenvalue weighted by Crippen LogP contribution is -2.19. The van der Waals surface area contributed by atoms with Gasteiger partial charge in [0.2, 0.25) is 5.91 Å². The Kier molecular flexibility index (Phi) is 4.67. The van der Waals surface area contributed by atoms with Gasteiger partial charge in [-0.1, -0.05) is 17.3 Å². The minimum absolute atomic E-state index is 0.0213. The van der Waals surface area contributed by atoms with Crippen LogP contribution in [0.4, 0.5) is 5.69 Å². The smallest absolute Gasteiger partial charge is 0.246 e. The molecule has 0 aliphatic rings. The molecule has 0 fully saturated rings. The third-order valence-corrected chi connectivity index (χ3v) is 2.51. The predicted octanol–water partition coefficient (Wildman–Crippen LogP) is 0.808. The highest BCUT2D eigenvalue weighted by Gasteiger charge is 2.09. The normalized spacial score (nSPS) is 10.3. The Morgan fingerprint density at radius 2 is 2.25 bits per heavy atom. The fourth-order valence-electron chi connectivity index (χ4n) is 1.68. The number of benzene rings is 1. The number of nitrogens with one attached hydrogen (secondary N) is 1. The van der Waals surface area contributed by atoms with Gasteiger partial charge in [-0.25, -0.2) is 4.68 Å². The molecule has 0 aliphatic heterocycles. The first-order valence-corrected chi connectivity index (χ1v) is 6.24. The van der Waals surface area contributed by atoms with Gasteiger partial charge in [0, 0.05) is 0 Å². The summed E-state index contributed by atoms with van der Waals surface area (Å²) in [5, 5.41) is 19.1. The molecule has 7 heteroatoms. The summed E-state index contributed by atoms with van der Waals surface area (Å²) in [4.78, 5) is 11.9. The van der Waals surface area contributed by atoms with Crippen molar-refractivity contribution >= 4 is 11.6 Å². The minimum atomic E-state index is -0.244. The second-order valence-corrected chi connectivity index (χ2v) is 4.04. The van der Waals surface area contributed by atoms with Crippen molar-refractivity contribution in [2.45, 2.75) is 20.1 Å². The summed E-state index contributed by atoms with van der Waals surface area (Å²) < 4.78 is 6.79. The van der Waals surface area contributed by atoms with E-state index in [1.165, 1.54) is 10.9 Å². The van der Waals surface area contributed by atoms with Crippen LogP contribution in [-0.2, 0) is 17.9 Å². The van der Waals surface area contributed by atoms with E-state index in [9.17, 15) is 4.79 Å². The Balaban J connectivity index is 2.00. The van der Waals surface area contributed by atoms with E-state index in [4.69, 9.17) is 9.84 Å². The topological polar surface area (TPSA) is 89.3 Å². The Labute approximate surface area is 116 Å². The first-order chi connectivity index (χ1) is 9.72. The van der Waals surface area contributed by atoms with Crippen molar-refractivity contribution in [3.05, 3.63) is 36.2 Å². The van der Waals surface area contributed by atoms with Gasteiger partial charge in [0.25, 0.3) is 0 Å². The Hall–Kier alpha value is -2.41. The first kappa shape index (κ1) is 14.0.